The Morgan fingerprint density at radius 1 is 1.06 bits per heavy atom. The number of fused-ring (bicyclic) bond motifs is 1. The fourth-order valence-electron chi connectivity index (χ4n) is 1.54. The Morgan fingerprint density at radius 3 is 2.47 bits per heavy atom. The lowest BCUT2D eigenvalue weighted by Gasteiger charge is -2.03. The van der Waals surface area contributed by atoms with E-state index in [0.29, 0.717) is 5.56 Å². The third-order valence-corrected chi connectivity index (χ3v) is 2.33. The fraction of sp³-hybridized carbons (Fsp3) is 0.0769. The predicted octanol–water partition coefficient (Wildman–Crippen LogP) is 1.48. The van der Waals surface area contributed by atoms with Crippen LogP contribution in [0.25, 0.3) is 10.8 Å². The highest BCUT2D eigenvalue weighted by atomic mass is 16.5. The standard InChI is InChI=1S/C13H11NO3/c14-12(15)8-17-13(16)11-6-5-9-3-1-2-4-10(9)7-11/h1-7H,8H2,(H2,14,15). The highest BCUT2D eigenvalue weighted by Crippen LogP contribution is 2.16. The minimum Gasteiger partial charge on any atom is -0.452 e. The fourth-order valence-corrected chi connectivity index (χ4v) is 1.54. The lowest BCUT2D eigenvalue weighted by Crippen LogP contribution is -2.20. The van der Waals surface area contributed by atoms with Crippen LogP contribution < -0.4 is 5.73 Å². The molecular formula is C13H11NO3. The van der Waals surface area contributed by atoms with Crippen molar-refractivity contribution in [1.82, 2.24) is 0 Å². The summed E-state index contributed by atoms with van der Waals surface area (Å²) in [4.78, 5) is 22.1. The van der Waals surface area contributed by atoms with Crippen LogP contribution in [0.2, 0.25) is 0 Å². The van der Waals surface area contributed by atoms with E-state index in [-0.39, 0.29) is 0 Å². The van der Waals surface area contributed by atoms with Gasteiger partial charge in [-0.2, -0.15) is 0 Å². The molecule has 4 heteroatoms. The zero-order chi connectivity index (χ0) is 12.3. The van der Waals surface area contributed by atoms with Crippen LogP contribution in [0.5, 0.6) is 0 Å². The van der Waals surface area contributed by atoms with Crippen molar-refractivity contribution in [2.45, 2.75) is 0 Å². The number of carbonyl (C=O) groups excluding carboxylic acids is 2. The molecule has 0 atom stereocenters. The molecule has 4 nitrogen and oxygen atoms in total. The van der Waals surface area contributed by atoms with Crippen molar-refractivity contribution in [2.75, 3.05) is 6.61 Å². The van der Waals surface area contributed by atoms with Gasteiger partial charge in [0.1, 0.15) is 0 Å². The Kier molecular flexibility index (Phi) is 3.05. The minimum atomic E-state index is -0.667. The van der Waals surface area contributed by atoms with E-state index in [2.05, 4.69) is 0 Å². The lowest BCUT2D eigenvalue weighted by atomic mass is 10.1. The molecule has 0 unspecified atom stereocenters. The molecule has 0 aliphatic heterocycles. The maximum atomic E-state index is 11.6. The zero-order valence-electron chi connectivity index (χ0n) is 9.05. The summed E-state index contributed by atoms with van der Waals surface area (Å²) in [5, 5.41) is 1.99. The number of amides is 1. The Bertz CT molecular complexity index is 578. The van der Waals surface area contributed by atoms with Gasteiger partial charge in [-0.05, 0) is 22.9 Å². The highest BCUT2D eigenvalue weighted by molar-refractivity contribution is 5.96. The summed E-state index contributed by atoms with van der Waals surface area (Å²) in [6.07, 6.45) is 0. The summed E-state index contributed by atoms with van der Waals surface area (Å²) < 4.78 is 4.72. The summed E-state index contributed by atoms with van der Waals surface area (Å²) in [6.45, 7) is -0.397. The second kappa shape index (κ2) is 4.65. The number of esters is 1. The van der Waals surface area contributed by atoms with Gasteiger partial charge in [0.2, 0.25) is 0 Å². The van der Waals surface area contributed by atoms with Crippen molar-refractivity contribution in [3.8, 4) is 0 Å². The first kappa shape index (κ1) is 11.1. The summed E-state index contributed by atoms with van der Waals surface area (Å²) in [5.74, 6) is -1.21. The molecule has 2 rings (SSSR count). The van der Waals surface area contributed by atoms with Crippen LogP contribution in [0.3, 0.4) is 0 Å². The number of primary amides is 1. The minimum absolute atomic E-state index is 0.397. The number of hydrogen-bond donors (Lipinski definition) is 1. The van der Waals surface area contributed by atoms with Gasteiger partial charge in [0, 0.05) is 0 Å². The number of ether oxygens (including phenoxy) is 1. The predicted molar refractivity (Wildman–Crippen MR) is 63.4 cm³/mol. The highest BCUT2D eigenvalue weighted by Gasteiger charge is 2.08. The van der Waals surface area contributed by atoms with Crippen molar-refractivity contribution in [3.05, 3.63) is 48.0 Å². The summed E-state index contributed by atoms with van der Waals surface area (Å²) in [5.41, 5.74) is 5.30. The number of rotatable bonds is 3. The SMILES string of the molecule is NC(=O)COC(=O)c1ccc2ccccc2c1. The average Bonchev–Trinajstić information content (AvgIpc) is 2.35. The Hall–Kier alpha value is -2.36. The molecule has 2 aromatic rings. The first-order valence-electron chi connectivity index (χ1n) is 5.11. The van der Waals surface area contributed by atoms with Gasteiger partial charge in [-0.25, -0.2) is 4.79 Å². The smallest absolute Gasteiger partial charge is 0.338 e. The molecule has 1 amide bonds. The third kappa shape index (κ3) is 2.60. The Balaban J connectivity index is 2.24. The molecule has 86 valence electrons. The van der Waals surface area contributed by atoms with Crippen LogP contribution in [0.1, 0.15) is 10.4 Å². The molecule has 0 fully saturated rings. The van der Waals surface area contributed by atoms with Crippen molar-refractivity contribution >= 4 is 22.6 Å². The number of benzene rings is 2. The van der Waals surface area contributed by atoms with Crippen LogP contribution in [-0.2, 0) is 9.53 Å². The molecule has 0 radical (unpaired) electrons. The Labute approximate surface area is 98.0 Å². The van der Waals surface area contributed by atoms with Crippen molar-refractivity contribution in [1.29, 1.82) is 0 Å². The third-order valence-electron chi connectivity index (χ3n) is 2.33. The Morgan fingerprint density at radius 2 is 1.76 bits per heavy atom. The molecule has 0 aromatic heterocycles. The van der Waals surface area contributed by atoms with E-state index in [1.165, 1.54) is 0 Å². The largest absolute Gasteiger partial charge is 0.452 e. The summed E-state index contributed by atoms with van der Waals surface area (Å²) in [7, 11) is 0. The summed E-state index contributed by atoms with van der Waals surface area (Å²) in [6, 6.07) is 12.9. The average molecular weight is 229 g/mol. The van der Waals surface area contributed by atoms with Crippen LogP contribution in [0.4, 0.5) is 0 Å². The molecule has 0 aliphatic rings. The first-order valence-corrected chi connectivity index (χ1v) is 5.11. The quantitative estimate of drug-likeness (QED) is 0.810. The van der Waals surface area contributed by atoms with Gasteiger partial charge < -0.3 is 10.5 Å². The van der Waals surface area contributed by atoms with Crippen LogP contribution >= 0.6 is 0 Å². The number of nitrogens with two attached hydrogens (primary N) is 1. The first-order chi connectivity index (χ1) is 8.16. The molecule has 0 bridgehead atoms. The van der Waals surface area contributed by atoms with E-state index in [1.807, 2.05) is 30.3 Å². The van der Waals surface area contributed by atoms with Crippen molar-refractivity contribution < 1.29 is 14.3 Å². The zero-order valence-corrected chi connectivity index (χ0v) is 9.05. The normalized spacial score (nSPS) is 10.1. The number of carbonyl (C=O) groups is 2. The monoisotopic (exact) mass is 229 g/mol. The van der Waals surface area contributed by atoms with E-state index in [9.17, 15) is 9.59 Å². The van der Waals surface area contributed by atoms with Crippen LogP contribution in [0, 0.1) is 0 Å². The number of hydrogen-bond acceptors (Lipinski definition) is 3. The maximum absolute atomic E-state index is 11.6. The van der Waals surface area contributed by atoms with Gasteiger partial charge in [-0.15, -0.1) is 0 Å². The molecule has 17 heavy (non-hydrogen) atoms. The van der Waals surface area contributed by atoms with Crippen molar-refractivity contribution in [2.24, 2.45) is 5.73 Å². The van der Waals surface area contributed by atoms with E-state index in [0.717, 1.165) is 10.8 Å². The molecule has 0 spiro atoms. The van der Waals surface area contributed by atoms with Gasteiger partial charge in [-0.3, -0.25) is 4.79 Å². The topological polar surface area (TPSA) is 69.4 Å². The van der Waals surface area contributed by atoms with Gasteiger partial charge in [0.05, 0.1) is 5.56 Å². The van der Waals surface area contributed by atoms with E-state index in [1.54, 1.807) is 12.1 Å². The van der Waals surface area contributed by atoms with Crippen LogP contribution in [0.15, 0.2) is 42.5 Å². The maximum Gasteiger partial charge on any atom is 0.338 e. The molecule has 0 heterocycles. The van der Waals surface area contributed by atoms with Gasteiger partial charge >= 0.3 is 5.97 Å². The van der Waals surface area contributed by atoms with E-state index >= 15 is 0 Å². The molecule has 2 aromatic carbocycles. The molecule has 0 aliphatic carbocycles. The lowest BCUT2D eigenvalue weighted by molar-refractivity contribution is -0.121. The van der Waals surface area contributed by atoms with Crippen molar-refractivity contribution in [3.63, 3.8) is 0 Å². The van der Waals surface area contributed by atoms with Crippen LogP contribution in [-0.4, -0.2) is 18.5 Å². The molecular weight excluding hydrogens is 218 g/mol. The summed E-state index contributed by atoms with van der Waals surface area (Å²) >= 11 is 0. The second-order valence-electron chi connectivity index (χ2n) is 3.60. The van der Waals surface area contributed by atoms with E-state index in [4.69, 9.17) is 10.5 Å². The molecule has 2 N–H and O–H groups in total. The van der Waals surface area contributed by atoms with Gasteiger partial charge in [0.25, 0.3) is 5.91 Å². The van der Waals surface area contributed by atoms with Gasteiger partial charge in [0.15, 0.2) is 6.61 Å². The molecule has 0 saturated carbocycles. The molecule has 0 saturated heterocycles. The van der Waals surface area contributed by atoms with Gasteiger partial charge in [-0.1, -0.05) is 30.3 Å². The second-order valence-corrected chi connectivity index (χ2v) is 3.60. The van der Waals surface area contributed by atoms with E-state index < -0.39 is 18.5 Å².